The van der Waals surface area contributed by atoms with Gasteiger partial charge in [0.15, 0.2) is 0 Å². The maximum absolute atomic E-state index is 11.1. The van der Waals surface area contributed by atoms with Crippen LogP contribution >= 0.6 is 11.6 Å². The van der Waals surface area contributed by atoms with Crippen LogP contribution in [0.1, 0.15) is 37.7 Å². The Hall–Kier alpha value is -1.54. The predicted octanol–water partition coefficient (Wildman–Crippen LogP) is 4.66. The predicted molar refractivity (Wildman–Crippen MR) is 84.4 cm³/mol. The molecule has 106 valence electrons. The average Bonchev–Trinajstić information content (AvgIpc) is 2.48. The molecule has 0 aliphatic heterocycles. The van der Waals surface area contributed by atoms with E-state index in [2.05, 4.69) is 6.08 Å². The van der Waals surface area contributed by atoms with E-state index in [-0.39, 0.29) is 0 Å². The lowest BCUT2D eigenvalue weighted by Crippen LogP contribution is -2.17. The van der Waals surface area contributed by atoms with E-state index in [1.165, 1.54) is 31.3 Å². The van der Waals surface area contributed by atoms with Crippen LogP contribution < -0.4 is 0 Å². The highest BCUT2D eigenvalue weighted by Gasteiger charge is 2.05. The van der Waals surface area contributed by atoms with Gasteiger partial charge < -0.3 is 4.90 Å². The summed E-state index contributed by atoms with van der Waals surface area (Å²) in [6, 6.07) is 7.59. The fraction of sp³-hybridized carbons (Fsp3) is 0.353. The van der Waals surface area contributed by atoms with Crippen LogP contribution in [0.15, 0.2) is 42.1 Å². The number of amides is 1. The molecule has 2 nitrogen and oxygen atoms in total. The SMILES string of the molecule is O=CN(/C=C/c1cccc(Cl)c1)CCC1=CCCCC1. The lowest BCUT2D eigenvalue weighted by atomic mass is 9.97. The molecule has 2 rings (SSSR count). The van der Waals surface area contributed by atoms with Gasteiger partial charge in [-0.3, -0.25) is 4.79 Å². The van der Waals surface area contributed by atoms with Gasteiger partial charge in [-0.05, 0) is 55.9 Å². The minimum absolute atomic E-state index is 0.706. The summed E-state index contributed by atoms with van der Waals surface area (Å²) >= 11 is 5.93. The highest BCUT2D eigenvalue weighted by molar-refractivity contribution is 6.30. The Morgan fingerprint density at radius 2 is 2.20 bits per heavy atom. The molecule has 20 heavy (non-hydrogen) atoms. The molecule has 1 aromatic carbocycles. The molecule has 0 N–H and O–H groups in total. The fourth-order valence-electron chi connectivity index (χ4n) is 2.36. The second kappa shape index (κ2) is 7.91. The number of benzene rings is 1. The molecule has 1 aliphatic rings. The van der Waals surface area contributed by atoms with Crippen LogP contribution in [0.2, 0.25) is 5.02 Å². The maximum Gasteiger partial charge on any atom is 0.213 e. The van der Waals surface area contributed by atoms with Crippen molar-refractivity contribution in [1.82, 2.24) is 4.90 Å². The van der Waals surface area contributed by atoms with E-state index in [1.54, 1.807) is 4.90 Å². The number of carbonyl (C=O) groups excluding carboxylic acids is 1. The number of allylic oxidation sites excluding steroid dienone is 1. The second-order valence-electron chi connectivity index (χ2n) is 5.07. The van der Waals surface area contributed by atoms with Crippen LogP contribution in [-0.4, -0.2) is 17.9 Å². The van der Waals surface area contributed by atoms with Gasteiger partial charge in [-0.15, -0.1) is 0 Å². The summed E-state index contributed by atoms with van der Waals surface area (Å²) in [7, 11) is 0. The third-order valence-corrected chi connectivity index (χ3v) is 3.75. The number of rotatable bonds is 6. The van der Waals surface area contributed by atoms with E-state index in [0.717, 1.165) is 24.9 Å². The van der Waals surface area contributed by atoms with Gasteiger partial charge in [0.25, 0.3) is 0 Å². The normalized spacial score (nSPS) is 15.2. The van der Waals surface area contributed by atoms with Crippen LogP contribution in [0.4, 0.5) is 0 Å². The van der Waals surface area contributed by atoms with Crippen molar-refractivity contribution in [3.63, 3.8) is 0 Å². The van der Waals surface area contributed by atoms with Crippen molar-refractivity contribution < 1.29 is 4.79 Å². The molecule has 1 amide bonds. The molecule has 0 saturated heterocycles. The molecular weight excluding hydrogens is 270 g/mol. The highest BCUT2D eigenvalue weighted by Crippen LogP contribution is 2.20. The first-order chi connectivity index (χ1) is 9.78. The third-order valence-electron chi connectivity index (χ3n) is 3.52. The molecule has 0 bridgehead atoms. The first-order valence-corrected chi connectivity index (χ1v) is 7.48. The molecule has 0 spiro atoms. The largest absolute Gasteiger partial charge is 0.321 e. The third kappa shape index (κ3) is 4.86. The standard InChI is InChI=1S/C17H20ClNO/c18-17-8-4-7-16(13-17)10-12-19(14-20)11-9-15-5-2-1-3-6-15/h4-5,7-8,10,12-14H,1-3,6,9,11H2/b12-10+. The van der Waals surface area contributed by atoms with Crippen molar-refractivity contribution in [1.29, 1.82) is 0 Å². The summed E-state index contributed by atoms with van der Waals surface area (Å²) in [4.78, 5) is 12.8. The van der Waals surface area contributed by atoms with Gasteiger partial charge in [0.2, 0.25) is 6.41 Å². The highest BCUT2D eigenvalue weighted by atomic mass is 35.5. The Bertz CT molecular complexity index is 507. The zero-order chi connectivity index (χ0) is 14.2. The van der Waals surface area contributed by atoms with Gasteiger partial charge >= 0.3 is 0 Å². The van der Waals surface area contributed by atoms with Crippen molar-refractivity contribution in [2.24, 2.45) is 0 Å². The minimum Gasteiger partial charge on any atom is -0.321 e. The zero-order valence-corrected chi connectivity index (χ0v) is 12.4. The molecule has 0 unspecified atom stereocenters. The number of nitrogens with zero attached hydrogens (tertiary/aromatic N) is 1. The second-order valence-corrected chi connectivity index (χ2v) is 5.51. The number of halogens is 1. The van der Waals surface area contributed by atoms with E-state index < -0.39 is 0 Å². The smallest absolute Gasteiger partial charge is 0.213 e. The zero-order valence-electron chi connectivity index (χ0n) is 11.6. The van der Waals surface area contributed by atoms with Crippen molar-refractivity contribution in [2.45, 2.75) is 32.1 Å². The Labute approximate surface area is 125 Å². The van der Waals surface area contributed by atoms with E-state index in [1.807, 2.05) is 36.5 Å². The molecule has 3 heteroatoms. The van der Waals surface area contributed by atoms with Gasteiger partial charge in [-0.2, -0.15) is 0 Å². The molecule has 0 radical (unpaired) electrons. The van der Waals surface area contributed by atoms with E-state index in [9.17, 15) is 4.79 Å². The Morgan fingerprint density at radius 3 is 2.90 bits per heavy atom. The summed E-state index contributed by atoms with van der Waals surface area (Å²) in [5.41, 5.74) is 2.49. The lowest BCUT2D eigenvalue weighted by Gasteiger charge is -2.16. The first kappa shape index (κ1) is 14.9. The van der Waals surface area contributed by atoms with Gasteiger partial charge in [0.05, 0.1) is 0 Å². The Kier molecular flexibility index (Phi) is 5.87. The quantitative estimate of drug-likeness (QED) is 0.551. The lowest BCUT2D eigenvalue weighted by molar-refractivity contribution is -0.115. The first-order valence-electron chi connectivity index (χ1n) is 7.10. The number of hydrogen-bond donors (Lipinski definition) is 0. The molecule has 1 aromatic rings. The van der Waals surface area contributed by atoms with Crippen LogP contribution in [0.5, 0.6) is 0 Å². The van der Waals surface area contributed by atoms with E-state index >= 15 is 0 Å². The molecular formula is C17H20ClNO. The summed E-state index contributed by atoms with van der Waals surface area (Å²) < 4.78 is 0. The van der Waals surface area contributed by atoms with Gasteiger partial charge in [-0.1, -0.05) is 35.4 Å². The monoisotopic (exact) mass is 289 g/mol. The van der Waals surface area contributed by atoms with Gasteiger partial charge in [0, 0.05) is 17.8 Å². The van der Waals surface area contributed by atoms with Gasteiger partial charge in [0.1, 0.15) is 0 Å². The molecule has 0 saturated carbocycles. The van der Waals surface area contributed by atoms with Crippen molar-refractivity contribution >= 4 is 24.1 Å². The molecule has 1 aliphatic carbocycles. The molecule has 0 atom stereocenters. The molecule has 0 fully saturated rings. The number of carbonyl (C=O) groups is 1. The molecule has 0 heterocycles. The van der Waals surface area contributed by atoms with Crippen molar-refractivity contribution in [3.8, 4) is 0 Å². The number of hydrogen-bond acceptors (Lipinski definition) is 1. The summed E-state index contributed by atoms with van der Waals surface area (Å²) in [6.07, 6.45) is 12.9. The minimum atomic E-state index is 0.706. The van der Waals surface area contributed by atoms with Crippen molar-refractivity contribution in [3.05, 3.63) is 52.7 Å². The Balaban J connectivity index is 1.88. The average molecular weight is 290 g/mol. The summed E-state index contributed by atoms with van der Waals surface area (Å²) in [5, 5.41) is 0.706. The van der Waals surface area contributed by atoms with Crippen molar-refractivity contribution in [2.75, 3.05) is 6.54 Å². The summed E-state index contributed by atoms with van der Waals surface area (Å²) in [6.45, 7) is 0.742. The maximum atomic E-state index is 11.1. The van der Waals surface area contributed by atoms with Gasteiger partial charge in [-0.25, -0.2) is 0 Å². The molecule has 0 aromatic heterocycles. The summed E-state index contributed by atoms with van der Waals surface area (Å²) in [5.74, 6) is 0. The topological polar surface area (TPSA) is 20.3 Å². The fourth-order valence-corrected chi connectivity index (χ4v) is 2.56. The van der Waals surface area contributed by atoms with E-state index in [4.69, 9.17) is 11.6 Å². The van der Waals surface area contributed by atoms with Crippen LogP contribution in [0.3, 0.4) is 0 Å². The van der Waals surface area contributed by atoms with E-state index in [0.29, 0.717) is 5.02 Å². The van der Waals surface area contributed by atoms with Crippen LogP contribution in [-0.2, 0) is 4.79 Å². The van der Waals surface area contributed by atoms with Crippen LogP contribution in [0, 0.1) is 0 Å². The Morgan fingerprint density at radius 1 is 1.30 bits per heavy atom. The van der Waals surface area contributed by atoms with Crippen LogP contribution in [0.25, 0.3) is 6.08 Å².